The van der Waals surface area contributed by atoms with Gasteiger partial charge in [-0.05, 0) is 29.8 Å². The van der Waals surface area contributed by atoms with E-state index in [1.54, 1.807) is 0 Å². The Morgan fingerprint density at radius 3 is 2.50 bits per heavy atom. The van der Waals surface area contributed by atoms with E-state index in [0.29, 0.717) is 0 Å². The van der Waals surface area contributed by atoms with Crippen LogP contribution in [0.3, 0.4) is 0 Å². The van der Waals surface area contributed by atoms with Crippen molar-refractivity contribution in [1.82, 2.24) is 0 Å². The summed E-state index contributed by atoms with van der Waals surface area (Å²) in [5, 5.41) is 11.1. The molecule has 0 bridgehead atoms. The van der Waals surface area contributed by atoms with Gasteiger partial charge in [0.2, 0.25) is 0 Å². The molecule has 0 atom stereocenters. The Kier molecular flexibility index (Phi) is 5.11. The number of esters is 1. The van der Waals surface area contributed by atoms with Gasteiger partial charge in [-0.25, -0.2) is 4.79 Å². The molecule has 0 heterocycles. The zero-order valence-electron chi connectivity index (χ0n) is 11.6. The Balaban J connectivity index is 2.21. The smallest absolute Gasteiger partial charge is 0.338 e. The molecule has 0 aliphatic rings. The van der Waals surface area contributed by atoms with E-state index < -0.39 is 10.9 Å². The van der Waals surface area contributed by atoms with Crippen LogP contribution in [0.5, 0.6) is 5.75 Å². The molecule has 0 radical (unpaired) electrons. The molecule has 0 unspecified atom stereocenters. The lowest BCUT2D eigenvalue weighted by Gasteiger charge is -2.08. The van der Waals surface area contributed by atoms with Gasteiger partial charge in [0.1, 0.15) is 6.61 Å². The average Bonchev–Trinajstić information content (AvgIpc) is 2.53. The lowest BCUT2D eigenvalue weighted by atomic mass is 10.2. The van der Waals surface area contributed by atoms with Gasteiger partial charge in [-0.1, -0.05) is 28.1 Å². The summed E-state index contributed by atoms with van der Waals surface area (Å²) in [5.41, 5.74) is 0.694. The Morgan fingerprint density at radius 2 is 1.91 bits per heavy atom. The van der Waals surface area contributed by atoms with Crippen LogP contribution in [0.4, 0.5) is 5.69 Å². The van der Waals surface area contributed by atoms with Crippen LogP contribution in [-0.4, -0.2) is 18.0 Å². The summed E-state index contributed by atoms with van der Waals surface area (Å²) in [6, 6.07) is 11.4. The van der Waals surface area contributed by atoms with Gasteiger partial charge in [0, 0.05) is 10.5 Å². The van der Waals surface area contributed by atoms with E-state index in [2.05, 4.69) is 20.7 Å². The monoisotopic (exact) mass is 365 g/mol. The van der Waals surface area contributed by atoms with Crippen molar-refractivity contribution in [2.45, 2.75) is 6.61 Å². The summed E-state index contributed by atoms with van der Waals surface area (Å²) in [6.45, 7) is 0.186. The van der Waals surface area contributed by atoms with Gasteiger partial charge in [-0.2, -0.15) is 0 Å². The topological polar surface area (TPSA) is 78.7 Å². The fourth-order valence-corrected chi connectivity index (χ4v) is 2.03. The number of methoxy groups -OCH3 is 1. The summed E-state index contributed by atoms with van der Waals surface area (Å²) >= 11 is 3.33. The molecule has 0 aliphatic heterocycles. The Hall–Kier alpha value is -2.41. The molecule has 22 heavy (non-hydrogen) atoms. The molecule has 0 aliphatic carbocycles. The lowest BCUT2D eigenvalue weighted by molar-refractivity contribution is -0.386. The maximum atomic E-state index is 11.4. The number of nitro groups is 1. The van der Waals surface area contributed by atoms with E-state index in [4.69, 9.17) is 4.74 Å². The Bertz CT molecular complexity index is 700. The van der Waals surface area contributed by atoms with Crippen LogP contribution in [0.1, 0.15) is 15.9 Å². The van der Waals surface area contributed by atoms with E-state index in [9.17, 15) is 14.9 Å². The molecule has 0 fully saturated rings. The molecule has 2 rings (SSSR count). The number of hydrogen-bond donors (Lipinski definition) is 0. The normalized spacial score (nSPS) is 10.1. The standard InChI is InChI=1S/C15H12BrNO5/c1-21-15(18)11-4-7-14(13(8-11)17(19)20)22-9-10-2-5-12(16)6-3-10/h2-8H,9H2,1H3. The molecule has 0 saturated heterocycles. The van der Waals surface area contributed by atoms with Crippen molar-refractivity contribution < 1.29 is 19.2 Å². The fourth-order valence-electron chi connectivity index (χ4n) is 1.77. The molecule has 0 amide bonds. The largest absolute Gasteiger partial charge is 0.482 e. The minimum atomic E-state index is -0.637. The van der Waals surface area contributed by atoms with E-state index in [1.165, 1.54) is 19.2 Å². The van der Waals surface area contributed by atoms with Crippen molar-refractivity contribution in [2.24, 2.45) is 0 Å². The molecule has 0 spiro atoms. The van der Waals surface area contributed by atoms with E-state index in [-0.39, 0.29) is 23.6 Å². The molecule has 2 aromatic rings. The van der Waals surface area contributed by atoms with Gasteiger partial charge in [-0.15, -0.1) is 0 Å². The summed E-state index contributed by atoms with van der Waals surface area (Å²) in [4.78, 5) is 21.9. The number of benzene rings is 2. The minimum absolute atomic E-state index is 0.0978. The second-order valence-corrected chi connectivity index (χ2v) is 5.26. The van der Waals surface area contributed by atoms with Gasteiger partial charge in [-0.3, -0.25) is 10.1 Å². The van der Waals surface area contributed by atoms with Crippen molar-refractivity contribution in [2.75, 3.05) is 7.11 Å². The number of nitrogens with zero attached hydrogens (tertiary/aromatic N) is 1. The predicted octanol–water partition coefficient (Wildman–Crippen LogP) is 3.72. The SMILES string of the molecule is COC(=O)c1ccc(OCc2ccc(Br)cc2)c([N+](=O)[O-])c1. The van der Waals surface area contributed by atoms with Gasteiger partial charge >= 0.3 is 11.7 Å². The molecule has 2 aromatic carbocycles. The lowest BCUT2D eigenvalue weighted by Crippen LogP contribution is -2.04. The molecule has 7 heteroatoms. The Morgan fingerprint density at radius 1 is 1.23 bits per heavy atom. The van der Waals surface area contributed by atoms with Crippen LogP contribution in [0.2, 0.25) is 0 Å². The zero-order valence-corrected chi connectivity index (χ0v) is 13.2. The van der Waals surface area contributed by atoms with Crippen LogP contribution in [0.15, 0.2) is 46.9 Å². The van der Waals surface area contributed by atoms with Gasteiger partial charge in [0.15, 0.2) is 5.75 Å². The number of ether oxygens (including phenoxy) is 2. The molecular formula is C15H12BrNO5. The van der Waals surface area contributed by atoms with Crippen molar-refractivity contribution >= 4 is 27.6 Å². The first-order valence-corrected chi connectivity index (χ1v) is 7.04. The van der Waals surface area contributed by atoms with Crippen LogP contribution in [0.25, 0.3) is 0 Å². The minimum Gasteiger partial charge on any atom is -0.482 e. The number of rotatable bonds is 5. The second kappa shape index (κ2) is 7.04. The predicted molar refractivity (Wildman–Crippen MR) is 82.9 cm³/mol. The summed E-state index contributed by atoms with van der Waals surface area (Å²) in [6.07, 6.45) is 0. The number of carbonyl (C=O) groups excluding carboxylic acids is 1. The van der Waals surface area contributed by atoms with Gasteiger partial charge in [0.05, 0.1) is 17.6 Å². The first-order chi connectivity index (χ1) is 10.5. The number of hydrogen-bond acceptors (Lipinski definition) is 5. The third-order valence-corrected chi connectivity index (χ3v) is 3.41. The highest BCUT2D eigenvalue weighted by atomic mass is 79.9. The van der Waals surface area contributed by atoms with Gasteiger partial charge in [0.25, 0.3) is 0 Å². The summed E-state index contributed by atoms with van der Waals surface area (Å²) in [5.74, 6) is -0.539. The molecule has 6 nitrogen and oxygen atoms in total. The third-order valence-electron chi connectivity index (χ3n) is 2.88. The summed E-state index contributed by atoms with van der Waals surface area (Å²) < 4.78 is 11.0. The van der Waals surface area contributed by atoms with E-state index in [1.807, 2.05) is 24.3 Å². The first kappa shape index (κ1) is 16.0. The van der Waals surface area contributed by atoms with Crippen molar-refractivity contribution in [3.63, 3.8) is 0 Å². The van der Waals surface area contributed by atoms with Crippen molar-refractivity contribution in [3.05, 3.63) is 68.2 Å². The second-order valence-electron chi connectivity index (χ2n) is 4.35. The van der Waals surface area contributed by atoms with E-state index in [0.717, 1.165) is 16.1 Å². The molecule has 0 aromatic heterocycles. The average molecular weight is 366 g/mol. The van der Waals surface area contributed by atoms with Gasteiger partial charge < -0.3 is 9.47 Å². The first-order valence-electron chi connectivity index (χ1n) is 6.25. The highest BCUT2D eigenvalue weighted by Crippen LogP contribution is 2.29. The Labute approximate surface area is 134 Å². The molecule has 0 N–H and O–H groups in total. The fraction of sp³-hybridized carbons (Fsp3) is 0.133. The maximum absolute atomic E-state index is 11.4. The number of nitro benzene ring substituents is 1. The van der Waals surface area contributed by atoms with Crippen LogP contribution >= 0.6 is 15.9 Å². The van der Waals surface area contributed by atoms with E-state index >= 15 is 0 Å². The van der Waals surface area contributed by atoms with Crippen molar-refractivity contribution in [3.8, 4) is 5.75 Å². The number of carbonyl (C=O) groups is 1. The zero-order chi connectivity index (χ0) is 16.1. The molecular weight excluding hydrogens is 354 g/mol. The van der Waals surface area contributed by atoms with Crippen LogP contribution < -0.4 is 4.74 Å². The third kappa shape index (κ3) is 3.82. The van der Waals surface area contributed by atoms with Crippen LogP contribution in [-0.2, 0) is 11.3 Å². The van der Waals surface area contributed by atoms with Crippen LogP contribution in [0, 0.1) is 10.1 Å². The highest BCUT2D eigenvalue weighted by Gasteiger charge is 2.19. The summed E-state index contributed by atoms with van der Waals surface area (Å²) in [7, 11) is 1.21. The highest BCUT2D eigenvalue weighted by molar-refractivity contribution is 9.10. The molecule has 0 saturated carbocycles. The molecule has 114 valence electrons. The van der Waals surface area contributed by atoms with Crippen molar-refractivity contribution in [1.29, 1.82) is 0 Å². The maximum Gasteiger partial charge on any atom is 0.338 e. The number of halogens is 1. The quantitative estimate of drug-likeness (QED) is 0.458.